The van der Waals surface area contributed by atoms with Gasteiger partial charge >= 0.3 is 18.0 Å². The number of benzene rings is 2. The maximum atomic E-state index is 14.1. The third-order valence-corrected chi connectivity index (χ3v) is 18.9. The van der Waals surface area contributed by atoms with E-state index < -0.39 is 0 Å². The first kappa shape index (κ1) is 55.7. The summed E-state index contributed by atoms with van der Waals surface area (Å²) in [4.78, 5) is 41.4. The number of ether oxygens (including phenoxy) is 1. The van der Waals surface area contributed by atoms with E-state index in [0.717, 1.165) is 73.6 Å². The summed E-state index contributed by atoms with van der Waals surface area (Å²) < 4.78 is 6.80. The van der Waals surface area contributed by atoms with Gasteiger partial charge in [-0.2, -0.15) is 0 Å². The minimum absolute atomic E-state index is 0.0182. The Balaban J connectivity index is 1.03. The number of fused-ring (bicyclic) bond motifs is 5. The Morgan fingerprint density at radius 1 is 0.643 bits per heavy atom. The predicted molar refractivity (Wildman–Crippen MR) is 291 cm³/mol. The summed E-state index contributed by atoms with van der Waals surface area (Å²) >= 11 is 0. The van der Waals surface area contributed by atoms with Crippen LogP contribution in [0.3, 0.4) is 0 Å². The SMILES string of the molecule is CCCCCCCCCCCCCCCCCCCCOC(=O)CC[C@@H](C)[C@H]1CC[C@H]2[C@@H]3[C@H](NC(=O)Nc4ccccc4)C[C@@H]4C[C@H]([N+](C)(C)C)CC[C@]4(C)[C@H]3C[C@H](NC(=O)Nc3ccccc3)[C@]12C. The van der Waals surface area contributed by atoms with E-state index in [2.05, 4.69) is 70.1 Å². The van der Waals surface area contributed by atoms with Gasteiger partial charge in [0.15, 0.2) is 0 Å². The van der Waals surface area contributed by atoms with Gasteiger partial charge in [-0.25, -0.2) is 9.59 Å². The second-order valence-electron chi connectivity index (χ2n) is 24.4. The van der Waals surface area contributed by atoms with Crippen molar-refractivity contribution in [3.05, 3.63) is 60.7 Å². The summed E-state index contributed by atoms with van der Waals surface area (Å²) in [5, 5.41) is 13.6. The summed E-state index contributed by atoms with van der Waals surface area (Å²) in [5.74, 6) is 1.87. The van der Waals surface area contributed by atoms with Gasteiger partial charge < -0.3 is 30.5 Å². The highest BCUT2D eigenvalue weighted by Crippen LogP contribution is 2.68. The van der Waals surface area contributed by atoms with Crippen LogP contribution in [0.1, 0.15) is 201 Å². The third-order valence-electron chi connectivity index (χ3n) is 18.9. The van der Waals surface area contributed by atoms with Crippen molar-refractivity contribution < 1.29 is 23.6 Å². The number of carbonyl (C=O) groups excluding carboxylic acids is 3. The van der Waals surface area contributed by atoms with Crippen molar-refractivity contribution in [1.82, 2.24) is 10.6 Å². The molecule has 0 heterocycles. The van der Waals surface area contributed by atoms with Crippen LogP contribution in [0.15, 0.2) is 60.7 Å². The summed E-state index contributed by atoms with van der Waals surface area (Å²) in [7, 11) is 7.01. The van der Waals surface area contributed by atoms with Crippen LogP contribution in [0.5, 0.6) is 0 Å². The number of nitrogens with one attached hydrogen (secondary N) is 4. The molecule has 392 valence electrons. The number of hydrogen-bond donors (Lipinski definition) is 4. The Bertz CT molecular complexity index is 1850. The van der Waals surface area contributed by atoms with Gasteiger partial charge in [0.2, 0.25) is 0 Å². The molecule has 11 atom stereocenters. The minimum Gasteiger partial charge on any atom is -0.466 e. The monoisotopic (exact) mass is 967 g/mol. The molecule has 4 aliphatic carbocycles. The highest BCUT2D eigenvalue weighted by molar-refractivity contribution is 5.90. The molecule has 4 fully saturated rings. The lowest BCUT2D eigenvalue weighted by Gasteiger charge is -2.65. The van der Waals surface area contributed by atoms with Crippen LogP contribution in [-0.2, 0) is 9.53 Å². The fourth-order valence-electron chi connectivity index (χ4n) is 14.8. The number of anilines is 2. The molecule has 6 rings (SSSR count). The van der Waals surface area contributed by atoms with Crippen LogP contribution in [0.25, 0.3) is 0 Å². The highest BCUT2D eigenvalue weighted by Gasteiger charge is 2.67. The van der Waals surface area contributed by atoms with Crippen LogP contribution >= 0.6 is 0 Å². The molecule has 9 nitrogen and oxygen atoms in total. The number of amides is 4. The number of rotatable bonds is 28. The smallest absolute Gasteiger partial charge is 0.319 e. The molecule has 70 heavy (non-hydrogen) atoms. The van der Waals surface area contributed by atoms with E-state index >= 15 is 0 Å². The molecule has 2 aromatic carbocycles. The first-order valence-electron chi connectivity index (χ1n) is 29.0. The van der Waals surface area contributed by atoms with Gasteiger partial charge in [-0.1, -0.05) is 173 Å². The van der Waals surface area contributed by atoms with E-state index in [-0.39, 0.29) is 52.8 Å². The third kappa shape index (κ3) is 15.5. The first-order valence-corrected chi connectivity index (χ1v) is 29.0. The summed E-state index contributed by atoms with van der Waals surface area (Å²) in [6, 6.07) is 19.8. The number of carbonyl (C=O) groups is 3. The molecule has 0 radical (unpaired) electrons. The van der Waals surface area contributed by atoms with Crippen molar-refractivity contribution in [2.45, 2.75) is 219 Å². The molecule has 0 saturated heterocycles. The molecule has 2 aromatic rings. The van der Waals surface area contributed by atoms with Crippen LogP contribution in [0, 0.1) is 46.3 Å². The van der Waals surface area contributed by atoms with Gasteiger partial charge in [0.1, 0.15) is 0 Å². The van der Waals surface area contributed by atoms with Gasteiger partial charge in [0, 0.05) is 36.3 Å². The molecule has 0 aliphatic heterocycles. The van der Waals surface area contributed by atoms with Gasteiger partial charge in [0.25, 0.3) is 0 Å². The number of quaternary nitrogens is 1. The van der Waals surface area contributed by atoms with Crippen molar-refractivity contribution in [3.8, 4) is 0 Å². The summed E-state index contributed by atoms with van der Waals surface area (Å²) in [6.45, 7) is 10.2. The van der Waals surface area contributed by atoms with Crippen molar-refractivity contribution in [1.29, 1.82) is 0 Å². The number of esters is 1. The Morgan fingerprint density at radius 3 is 1.69 bits per heavy atom. The van der Waals surface area contributed by atoms with E-state index in [0.29, 0.717) is 42.7 Å². The molecule has 0 spiro atoms. The molecule has 0 aromatic heterocycles. The zero-order valence-electron chi connectivity index (χ0n) is 45.3. The zero-order chi connectivity index (χ0) is 50.0. The average molecular weight is 968 g/mol. The average Bonchev–Trinajstić information content (AvgIpc) is 3.70. The van der Waals surface area contributed by atoms with Crippen LogP contribution < -0.4 is 21.3 Å². The zero-order valence-corrected chi connectivity index (χ0v) is 45.3. The topological polar surface area (TPSA) is 109 Å². The molecule has 4 amide bonds. The van der Waals surface area contributed by atoms with Gasteiger partial charge in [-0.3, -0.25) is 4.79 Å². The fourth-order valence-corrected chi connectivity index (χ4v) is 14.8. The minimum atomic E-state index is -0.232. The highest BCUT2D eigenvalue weighted by atomic mass is 16.5. The quantitative estimate of drug-likeness (QED) is 0.0387. The molecule has 0 bridgehead atoms. The maximum Gasteiger partial charge on any atom is 0.319 e. The Hall–Kier alpha value is -3.59. The van der Waals surface area contributed by atoms with Crippen LogP contribution in [-0.4, -0.2) is 68.4 Å². The number of urea groups is 2. The van der Waals surface area contributed by atoms with E-state index in [1.165, 1.54) is 109 Å². The van der Waals surface area contributed by atoms with Crippen molar-refractivity contribution in [3.63, 3.8) is 0 Å². The second kappa shape index (κ2) is 27.5. The van der Waals surface area contributed by atoms with Gasteiger partial charge in [-0.15, -0.1) is 0 Å². The van der Waals surface area contributed by atoms with Crippen molar-refractivity contribution in [2.75, 3.05) is 38.4 Å². The molecule has 9 heteroatoms. The maximum absolute atomic E-state index is 14.1. The number of para-hydroxylation sites is 2. The normalized spacial score (nSPS) is 28.7. The predicted octanol–water partition coefficient (Wildman–Crippen LogP) is 15.3. The number of hydrogen-bond acceptors (Lipinski definition) is 4. The first-order chi connectivity index (χ1) is 33.7. The Labute approximate surface area is 426 Å². The van der Waals surface area contributed by atoms with E-state index in [1.54, 1.807) is 0 Å². The van der Waals surface area contributed by atoms with Gasteiger partial charge in [-0.05, 0) is 122 Å². The standard InChI is InChI=1S/C61H99N5O4/c1-8-9-10-11-12-13-14-15-16-17-18-19-20-21-22-23-24-31-42-70-56(67)39-36-46(2)51-37-38-52-57-53(45-55(61(51,52)4)65-59(69)63-49-34-29-26-30-35-49)60(3)41-40-50(66(5,6)7)43-47(60)44-54(57)64-58(68)62-48-32-27-25-28-33-48/h25-30,32-35,46-47,50-55,57H,8-24,31,36-45H2,1-7H3,(H3-,62,63,64,65,68,69)/p+1/t46-,47+,50-,51-,52+,53+,54-,55+,57+,60+,61-/m1/s1. The second-order valence-corrected chi connectivity index (χ2v) is 24.4. The lowest BCUT2D eigenvalue weighted by atomic mass is 9.42. The van der Waals surface area contributed by atoms with E-state index in [4.69, 9.17) is 4.74 Å². The van der Waals surface area contributed by atoms with E-state index in [9.17, 15) is 14.4 Å². The molecular weight excluding hydrogens is 867 g/mol. The summed E-state index contributed by atoms with van der Waals surface area (Å²) in [5.41, 5.74) is 1.45. The Kier molecular flexibility index (Phi) is 21.9. The molecular formula is C61H100N5O4+. The number of unbranched alkanes of at least 4 members (excludes halogenated alkanes) is 17. The lowest BCUT2D eigenvalue weighted by molar-refractivity contribution is -0.898. The molecule has 4 saturated carbocycles. The van der Waals surface area contributed by atoms with Gasteiger partial charge in [0.05, 0.1) is 33.8 Å². The summed E-state index contributed by atoms with van der Waals surface area (Å²) in [6.07, 6.45) is 32.8. The molecule has 4 N–H and O–H groups in total. The lowest BCUT2D eigenvalue weighted by Crippen LogP contribution is -2.68. The van der Waals surface area contributed by atoms with Crippen LogP contribution in [0.4, 0.5) is 21.0 Å². The fraction of sp³-hybridized carbons (Fsp3) is 0.754. The Morgan fingerprint density at radius 2 is 1.16 bits per heavy atom. The molecule has 4 aliphatic rings. The van der Waals surface area contributed by atoms with E-state index in [1.807, 2.05) is 60.7 Å². The molecule has 0 unspecified atom stereocenters. The van der Waals surface area contributed by atoms with Crippen molar-refractivity contribution in [2.24, 2.45) is 46.3 Å². The largest absolute Gasteiger partial charge is 0.466 e. The van der Waals surface area contributed by atoms with Crippen LogP contribution in [0.2, 0.25) is 0 Å². The van der Waals surface area contributed by atoms with Crippen molar-refractivity contribution >= 4 is 29.4 Å². The number of nitrogens with zero attached hydrogens (tertiary/aromatic N) is 1.